The van der Waals surface area contributed by atoms with Crippen LogP contribution in [-0.4, -0.2) is 0 Å². The maximum Gasteiger partial charge on any atom is 0.212 e. The monoisotopic (exact) mass is 223 g/mol. The fourth-order valence-corrected chi connectivity index (χ4v) is 2.23. The van der Waals surface area contributed by atoms with Gasteiger partial charge in [-0.3, -0.25) is 0 Å². The molecule has 2 heteroatoms. The first-order valence-electron chi connectivity index (χ1n) is 5.62. The van der Waals surface area contributed by atoms with Crippen molar-refractivity contribution in [2.24, 2.45) is 0 Å². The molecule has 0 saturated carbocycles. The third-order valence-corrected chi connectivity index (χ3v) is 2.81. The first-order valence-corrected chi connectivity index (χ1v) is 5.62. The fraction of sp³-hybridized carbons (Fsp3) is 0.200. The molecule has 0 aliphatic carbocycles. The third kappa shape index (κ3) is 2.19. The predicted molar refractivity (Wildman–Crippen MR) is 66.9 cm³/mol. The van der Waals surface area contributed by atoms with Gasteiger partial charge in [0.05, 0.1) is 11.6 Å². The summed E-state index contributed by atoms with van der Waals surface area (Å²) in [5, 5.41) is 8.93. The van der Waals surface area contributed by atoms with Gasteiger partial charge < -0.3 is 0 Å². The van der Waals surface area contributed by atoms with Gasteiger partial charge in [-0.05, 0) is 18.6 Å². The molecule has 2 aromatic rings. The minimum absolute atomic E-state index is 0.689. The highest BCUT2D eigenvalue weighted by Gasteiger charge is 2.14. The molecule has 0 aliphatic rings. The number of benzene rings is 1. The van der Waals surface area contributed by atoms with Crippen molar-refractivity contribution in [3.05, 3.63) is 58.9 Å². The molecule has 2 rings (SSSR count). The minimum atomic E-state index is 0.689. The number of hydrogen-bond donors (Lipinski definition) is 0. The lowest BCUT2D eigenvalue weighted by molar-refractivity contribution is -0.609. The Balaban J connectivity index is 2.65. The molecule has 1 heterocycles. The van der Waals surface area contributed by atoms with E-state index in [-0.39, 0.29) is 0 Å². The Kier molecular flexibility index (Phi) is 2.93. The Morgan fingerprint density at radius 2 is 1.65 bits per heavy atom. The summed E-state index contributed by atoms with van der Waals surface area (Å²) < 4.78 is 2.16. The summed E-state index contributed by atoms with van der Waals surface area (Å²) in [6, 6.07) is 14.1. The Bertz CT molecular complexity index is 584. The van der Waals surface area contributed by atoms with Crippen molar-refractivity contribution < 1.29 is 4.57 Å². The molecule has 0 bridgehead atoms. The number of pyridine rings is 1. The van der Waals surface area contributed by atoms with E-state index < -0.39 is 0 Å². The first-order chi connectivity index (χ1) is 8.11. The van der Waals surface area contributed by atoms with Crippen molar-refractivity contribution in [1.29, 1.82) is 5.26 Å². The molecule has 0 aliphatic heterocycles. The molecule has 0 N–H and O–H groups in total. The summed E-state index contributed by atoms with van der Waals surface area (Å²) in [5.41, 5.74) is 5.34. The van der Waals surface area contributed by atoms with Crippen LogP contribution < -0.4 is 4.57 Å². The van der Waals surface area contributed by atoms with Crippen LogP contribution in [0.4, 0.5) is 0 Å². The SMILES string of the molecule is Cc1cc(C)[n+](-c2cccc(C#N)c2)c(C)c1. The molecule has 2 nitrogen and oxygen atoms in total. The van der Waals surface area contributed by atoms with Gasteiger partial charge in [0.1, 0.15) is 0 Å². The van der Waals surface area contributed by atoms with Crippen LogP contribution in [0.15, 0.2) is 36.4 Å². The second-order valence-corrected chi connectivity index (χ2v) is 4.31. The molecule has 17 heavy (non-hydrogen) atoms. The number of aromatic nitrogens is 1. The van der Waals surface area contributed by atoms with Gasteiger partial charge in [0, 0.05) is 38.1 Å². The summed E-state index contributed by atoms with van der Waals surface area (Å²) in [5.74, 6) is 0. The summed E-state index contributed by atoms with van der Waals surface area (Å²) in [6.07, 6.45) is 0. The molecular weight excluding hydrogens is 208 g/mol. The molecule has 0 amide bonds. The Morgan fingerprint density at radius 1 is 1.00 bits per heavy atom. The van der Waals surface area contributed by atoms with Crippen LogP contribution in [0, 0.1) is 32.1 Å². The van der Waals surface area contributed by atoms with E-state index in [0.717, 1.165) is 5.69 Å². The molecule has 84 valence electrons. The third-order valence-electron chi connectivity index (χ3n) is 2.81. The molecule has 0 spiro atoms. The van der Waals surface area contributed by atoms with E-state index >= 15 is 0 Å². The summed E-state index contributed by atoms with van der Waals surface area (Å²) in [7, 11) is 0. The quantitative estimate of drug-likeness (QED) is 0.683. The van der Waals surface area contributed by atoms with E-state index in [4.69, 9.17) is 5.26 Å². The largest absolute Gasteiger partial charge is 0.212 e. The highest BCUT2D eigenvalue weighted by atomic mass is 15.0. The second-order valence-electron chi connectivity index (χ2n) is 4.31. The Labute approximate surface area is 102 Å². The van der Waals surface area contributed by atoms with Gasteiger partial charge in [-0.25, -0.2) is 0 Å². The molecule has 1 aromatic heterocycles. The standard InChI is InChI=1S/C15H15N2/c1-11-7-12(2)17(13(3)8-11)15-6-4-5-14(9-15)10-16/h4-9H,1-3H3/q+1. The highest BCUT2D eigenvalue weighted by molar-refractivity contribution is 5.37. The van der Waals surface area contributed by atoms with E-state index in [0.29, 0.717) is 5.56 Å². The zero-order valence-electron chi connectivity index (χ0n) is 10.4. The van der Waals surface area contributed by atoms with Gasteiger partial charge in [-0.1, -0.05) is 6.07 Å². The minimum Gasteiger partial charge on any atom is -0.192 e. The summed E-state index contributed by atoms with van der Waals surface area (Å²) >= 11 is 0. The van der Waals surface area contributed by atoms with Crippen molar-refractivity contribution in [2.45, 2.75) is 20.8 Å². The van der Waals surface area contributed by atoms with Gasteiger partial charge in [0.25, 0.3) is 0 Å². The zero-order valence-corrected chi connectivity index (χ0v) is 10.4. The molecule has 0 radical (unpaired) electrons. The van der Waals surface area contributed by atoms with Crippen molar-refractivity contribution in [3.8, 4) is 11.8 Å². The average molecular weight is 223 g/mol. The lowest BCUT2D eigenvalue weighted by Gasteiger charge is -2.04. The Morgan fingerprint density at radius 3 is 2.24 bits per heavy atom. The van der Waals surface area contributed by atoms with E-state index in [1.54, 1.807) is 0 Å². The van der Waals surface area contributed by atoms with Gasteiger partial charge in [0.2, 0.25) is 5.69 Å². The van der Waals surface area contributed by atoms with Crippen molar-refractivity contribution >= 4 is 0 Å². The van der Waals surface area contributed by atoms with Crippen LogP contribution in [0.25, 0.3) is 5.69 Å². The molecule has 0 saturated heterocycles. The van der Waals surface area contributed by atoms with Crippen LogP contribution in [-0.2, 0) is 0 Å². The maximum atomic E-state index is 8.93. The number of rotatable bonds is 1. The molecular formula is C15H15N2+. The summed E-state index contributed by atoms with van der Waals surface area (Å²) in [4.78, 5) is 0. The van der Waals surface area contributed by atoms with Gasteiger partial charge in [-0.15, -0.1) is 0 Å². The van der Waals surface area contributed by atoms with Crippen LogP contribution >= 0.6 is 0 Å². The van der Waals surface area contributed by atoms with Crippen LogP contribution in [0.5, 0.6) is 0 Å². The van der Waals surface area contributed by atoms with Crippen molar-refractivity contribution in [3.63, 3.8) is 0 Å². The molecule has 0 fully saturated rings. The summed E-state index contributed by atoms with van der Waals surface area (Å²) in [6.45, 7) is 6.26. The molecule has 0 unspecified atom stereocenters. The lowest BCUT2D eigenvalue weighted by atomic mass is 10.1. The number of aryl methyl sites for hydroxylation is 3. The second kappa shape index (κ2) is 4.39. The lowest BCUT2D eigenvalue weighted by Crippen LogP contribution is -2.37. The van der Waals surface area contributed by atoms with Crippen LogP contribution in [0.2, 0.25) is 0 Å². The van der Waals surface area contributed by atoms with E-state index in [9.17, 15) is 0 Å². The Hall–Kier alpha value is -2.14. The van der Waals surface area contributed by atoms with Crippen LogP contribution in [0.1, 0.15) is 22.5 Å². The topological polar surface area (TPSA) is 27.7 Å². The van der Waals surface area contributed by atoms with Crippen LogP contribution in [0.3, 0.4) is 0 Å². The van der Waals surface area contributed by atoms with Crippen molar-refractivity contribution in [1.82, 2.24) is 0 Å². The van der Waals surface area contributed by atoms with E-state index in [1.165, 1.54) is 17.0 Å². The molecule has 0 atom stereocenters. The van der Waals surface area contributed by atoms with Gasteiger partial charge in [-0.2, -0.15) is 9.83 Å². The number of nitrogens with zero attached hydrogens (tertiary/aromatic N) is 2. The van der Waals surface area contributed by atoms with Gasteiger partial charge >= 0.3 is 0 Å². The number of nitriles is 1. The highest BCUT2D eigenvalue weighted by Crippen LogP contribution is 2.09. The fourth-order valence-electron chi connectivity index (χ4n) is 2.23. The predicted octanol–water partition coefficient (Wildman–Crippen LogP) is 2.76. The molecule has 1 aromatic carbocycles. The normalized spacial score (nSPS) is 10.0. The van der Waals surface area contributed by atoms with E-state index in [2.05, 4.69) is 43.5 Å². The average Bonchev–Trinajstić information content (AvgIpc) is 2.28. The maximum absolute atomic E-state index is 8.93. The van der Waals surface area contributed by atoms with Crippen molar-refractivity contribution in [2.75, 3.05) is 0 Å². The smallest absolute Gasteiger partial charge is 0.192 e. The van der Waals surface area contributed by atoms with Gasteiger partial charge in [0.15, 0.2) is 11.4 Å². The number of hydrogen-bond acceptors (Lipinski definition) is 1. The van der Waals surface area contributed by atoms with E-state index in [1.807, 2.05) is 24.3 Å². The zero-order chi connectivity index (χ0) is 12.4. The first kappa shape index (κ1) is 11.3.